The minimum atomic E-state index is -0.287. The first-order chi connectivity index (χ1) is 19.7. The number of hydrogen-bond acceptors (Lipinski definition) is 7. The number of fused-ring (bicyclic) bond motifs is 2. The van der Waals surface area contributed by atoms with Crippen LogP contribution in [0.1, 0.15) is 18.9 Å². The average Bonchev–Trinajstić information content (AvgIpc) is 3.41. The van der Waals surface area contributed by atoms with Crippen LogP contribution in [-0.2, 0) is 4.74 Å². The van der Waals surface area contributed by atoms with E-state index in [1.807, 2.05) is 41.4 Å². The number of aromatic nitrogens is 3. The van der Waals surface area contributed by atoms with E-state index in [1.165, 1.54) is 5.39 Å². The molecule has 202 valence electrons. The fraction of sp³-hybridized carbons (Fsp3) is 0.290. The van der Waals surface area contributed by atoms with Crippen LogP contribution < -0.4 is 10.2 Å². The Kier molecular flexibility index (Phi) is 6.37. The Labute approximate surface area is 231 Å². The molecule has 7 rings (SSSR count). The first-order valence-corrected chi connectivity index (χ1v) is 13.9. The van der Waals surface area contributed by atoms with Crippen molar-refractivity contribution in [3.05, 3.63) is 83.0 Å². The van der Waals surface area contributed by atoms with Crippen LogP contribution in [0.25, 0.3) is 44.5 Å². The normalized spacial score (nSPS) is 16.6. The number of anilines is 1. The molecule has 0 amide bonds. The van der Waals surface area contributed by atoms with Gasteiger partial charge in [-0.05, 0) is 66.5 Å². The lowest BCUT2D eigenvalue weighted by Crippen LogP contribution is -2.36. The molecule has 40 heavy (non-hydrogen) atoms. The number of rotatable bonds is 5. The third kappa shape index (κ3) is 4.37. The molecule has 0 spiro atoms. The third-order valence-corrected chi connectivity index (χ3v) is 8.10. The Morgan fingerprint density at radius 2 is 1.70 bits per heavy atom. The molecule has 9 heteroatoms. The maximum atomic E-state index is 12.3. The van der Waals surface area contributed by atoms with Crippen molar-refractivity contribution in [1.82, 2.24) is 19.9 Å². The van der Waals surface area contributed by atoms with Gasteiger partial charge in [0.1, 0.15) is 17.0 Å². The summed E-state index contributed by atoms with van der Waals surface area (Å²) >= 11 is 0. The second-order valence-electron chi connectivity index (χ2n) is 10.4. The van der Waals surface area contributed by atoms with Crippen LogP contribution in [0.2, 0.25) is 0 Å². The molecule has 0 unspecified atom stereocenters. The molecule has 1 N–H and O–H groups in total. The first kappa shape index (κ1) is 24.7. The van der Waals surface area contributed by atoms with Gasteiger partial charge in [0, 0.05) is 42.5 Å². The number of nitro groups is 1. The largest absolute Gasteiger partial charge is 0.378 e. The molecule has 3 aromatic carbocycles. The molecule has 5 aromatic rings. The number of morpholine rings is 1. The zero-order valence-corrected chi connectivity index (χ0v) is 22.1. The van der Waals surface area contributed by atoms with Crippen molar-refractivity contribution in [1.29, 1.82) is 0 Å². The molecule has 9 nitrogen and oxygen atoms in total. The third-order valence-electron chi connectivity index (χ3n) is 8.10. The van der Waals surface area contributed by atoms with E-state index in [4.69, 9.17) is 14.7 Å². The number of nitro benzene ring substituents is 1. The Hall–Kier alpha value is -4.34. The Balaban J connectivity index is 1.41. The predicted molar refractivity (Wildman–Crippen MR) is 157 cm³/mol. The first-order valence-electron chi connectivity index (χ1n) is 13.9. The summed E-state index contributed by atoms with van der Waals surface area (Å²) in [7, 11) is 0. The number of benzene rings is 3. The standard InChI is InChI=1S/C31H30N6O3/c38-37(39)28-20-24(7-8-27(28)35-15-17-40-18-16-35)30-34-29-26(23-6-5-21-3-1-2-4-22(21)19-23)11-14-33-31(29)36(30)25-9-12-32-13-10-25/h1-8,11,14,19-20,25,32H,9-10,12-13,15-18H2. The van der Waals surface area contributed by atoms with E-state index in [-0.39, 0.29) is 16.7 Å². The smallest absolute Gasteiger partial charge is 0.293 e. The summed E-state index contributed by atoms with van der Waals surface area (Å²) in [4.78, 5) is 24.0. The Morgan fingerprint density at radius 3 is 2.50 bits per heavy atom. The minimum Gasteiger partial charge on any atom is -0.378 e. The summed E-state index contributed by atoms with van der Waals surface area (Å²) in [5, 5.41) is 18.0. The molecule has 0 radical (unpaired) electrons. The molecule has 2 aliphatic heterocycles. The van der Waals surface area contributed by atoms with Gasteiger partial charge in [-0.2, -0.15) is 0 Å². The molecule has 0 bridgehead atoms. The van der Waals surface area contributed by atoms with Crippen LogP contribution in [-0.4, -0.2) is 58.9 Å². The van der Waals surface area contributed by atoms with Crippen LogP contribution in [0, 0.1) is 10.1 Å². The summed E-state index contributed by atoms with van der Waals surface area (Å²) in [5.74, 6) is 0.722. The van der Waals surface area contributed by atoms with E-state index >= 15 is 0 Å². The summed E-state index contributed by atoms with van der Waals surface area (Å²) < 4.78 is 7.68. The molecule has 2 aromatic heterocycles. The van der Waals surface area contributed by atoms with Gasteiger partial charge < -0.3 is 19.5 Å². The van der Waals surface area contributed by atoms with Crippen molar-refractivity contribution in [2.45, 2.75) is 18.9 Å². The van der Waals surface area contributed by atoms with E-state index in [9.17, 15) is 10.1 Å². The van der Waals surface area contributed by atoms with Crippen LogP contribution in [0.5, 0.6) is 0 Å². The van der Waals surface area contributed by atoms with Gasteiger partial charge in [-0.25, -0.2) is 9.97 Å². The summed E-state index contributed by atoms with van der Waals surface area (Å²) in [6, 6.07) is 22.5. The number of imidazole rings is 1. The molecule has 0 aliphatic carbocycles. The van der Waals surface area contributed by atoms with Crippen molar-refractivity contribution < 1.29 is 9.66 Å². The summed E-state index contributed by atoms with van der Waals surface area (Å²) in [5.41, 5.74) is 5.14. The van der Waals surface area contributed by atoms with Gasteiger partial charge in [0.25, 0.3) is 5.69 Å². The van der Waals surface area contributed by atoms with Gasteiger partial charge in [-0.3, -0.25) is 10.1 Å². The molecule has 2 fully saturated rings. The second kappa shape index (κ2) is 10.3. The van der Waals surface area contributed by atoms with E-state index < -0.39 is 0 Å². The van der Waals surface area contributed by atoms with Crippen LogP contribution in [0.4, 0.5) is 11.4 Å². The molecular formula is C31H30N6O3. The van der Waals surface area contributed by atoms with Gasteiger partial charge in [0.05, 0.1) is 18.1 Å². The van der Waals surface area contributed by atoms with Crippen LogP contribution in [0.15, 0.2) is 72.9 Å². The highest BCUT2D eigenvalue weighted by atomic mass is 16.6. The fourth-order valence-corrected chi connectivity index (χ4v) is 6.07. The van der Waals surface area contributed by atoms with Crippen molar-refractivity contribution in [2.24, 2.45) is 0 Å². The zero-order valence-electron chi connectivity index (χ0n) is 22.1. The Morgan fingerprint density at radius 1 is 0.925 bits per heavy atom. The lowest BCUT2D eigenvalue weighted by atomic mass is 10.0. The highest BCUT2D eigenvalue weighted by Gasteiger charge is 2.27. The summed E-state index contributed by atoms with van der Waals surface area (Å²) in [6.45, 7) is 4.20. The number of piperidine rings is 1. The molecule has 4 heterocycles. The van der Waals surface area contributed by atoms with Gasteiger partial charge in [0.2, 0.25) is 0 Å². The lowest BCUT2D eigenvalue weighted by Gasteiger charge is -2.28. The highest BCUT2D eigenvalue weighted by Crippen LogP contribution is 2.39. The maximum absolute atomic E-state index is 12.3. The number of ether oxygens (including phenoxy) is 1. The molecule has 0 atom stereocenters. The van der Waals surface area contributed by atoms with Crippen molar-refractivity contribution in [2.75, 3.05) is 44.3 Å². The maximum Gasteiger partial charge on any atom is 0.293 e. The zero-order chi connectivity index (χ0) is 27.1. The molecule has 2 aliphatic rings. The second-order valence-corrected chi connectivity index (χ2v) is 10.4. The molecular weight excluding hydrogens is 504 g/mol. The topological polar surface area (TPSA) is 98.3 Å². The van der Waals surface area contributed by atoms with Gasteiger partial charge in [-0.1, -0.05) is 36.4 Å². The van der Waals surface area contributed by atoms with Gasteiger partial charge in [0.15, 0.2) is 5.65 Å². The minimum absolute atomic E-state index is 0.0889. The van der Waals surface area contributed by atoms with Crippen LogP contribution >= 0.6 is 0 Å². The SMILES string of the molecule is O=[N+]([O-])c1cc(-c2nc3c(-c4ccc5ccccc5c4)ccnc3n2C2CCNCC2)ccc1N1CCOCC1. The van der Waals surface area contributed by atoms with E-state index in [0.717, 1.165) is 65.0 Å². The quantitative estimate of drug-likeness (QED) is 0.232. The molecule has 2 saturated heterocycles. The highest BCUT2D eigenvalue weighted by molar-refractivity contribution is 5.96. The van der Waals surface area contributed by atoms with Crippen molar-refractivity contribution >= 4 is 33.3 Å². The van der Waals surface area contributed by atoms with Crippen LogP contribution in [0.3, 0.4) is 0 Å². The predicted octanol–water partition coefficient (Wildman–Crippen LogP) is 5.59. The molecule has 0 saturated carbocycles. The number of pyridine rings is 1. The average molecular weight is 535 g/mol. The van der Waals surface area contributed by atoms with E-state index in [0.29, 0.717) is 32.0 Å². The summed E-state index contributed by atoms with van der Waals surface area (Å²) in [6.07, 6.45) is 3.72. The van der Waals surface area contributed by atoms with Crippen molar-refractivity contribution in [3.63, 3.8) is 0 Å². The number of nitrogens with one attached hydrogen (secondary N) is 1. The monoisotopic (exact) mass is 534 g/mol. The van der Waals surface area contributed by atoms with E-state index in [1.54, 1.807) is 6.07 Å². The van der Waals surface area contributed by atoms with Gasteiger partial charge in [-0.15, -0.1) is 0 Å². The van der Waals surface area contributed by atoms with E-state index in [2.05, 4.69) is 40.2 Å². The van der Waals surface area contributed by atoms with Gasteiger partial charge >= 0.3 is 0 Å². The fourth-order valence-electron chi connectivity index (χ4n) is 6.07. The van der Waals surface area contributed by atoms with Crippen molar-refractivity contribution in [3.8, 4) is 22.5 Å². The Bertz CT molecular complexity index is 1720. The number of nitrogens with zero attached hydrogens (tertiary/aromatic N) is 5. The number of hydrogen-bond donors (Lipinski definition) is 1. The lowest BCUT2D eigenvalue weighted by molar-refractivity contribution is -0.384.